The van der Waals surface area contributed by atoms with E-state index in [4.69, 9.17) is 10.5 Å². The lowest BCUT2D eigenvalue weighted by Crippen LogP contribution is -2.48. The van der Waals surface area contributed by atoms with Gasteiger partial charge >= 0.3 is 0 Å². The number of rotatable bonds is 5. The number of hydrogen-bond donors (Lipinski definition) is 1. The average molecular weight is 304 g/mol. The van der Waals surface area contributed by atoms with Crippen LogP contribution in [0.1, 0.15) is 25.8 Å². The molecule has 2 atom stereocenters. The van der Waals surface area contributed by atoms with Crippen molar-refractivity contribution < 1.29 is 9.13 Å². The highest BCUT2D eigenvalue weighted by atomic mass is 79.9. The van der Waals surface area contributed by atoms with Crippen LogP contribution < -0.4 is 5.73 Å². The van der Waals surface area contributed by atoms with Crippen LogP contribution in [0.3, 0.4) is 0 Å². The summed E-state index contributed by atoms with van der Waals surface area (Å²) >= 11 is 3.41. The third-order valence-electron chi connectivity index (χ3n) is 3.40. The molecule has 4 heteroatoms. The fourth-order valence-corrected chi connectivity index (χ4v) is 2.12. The van der Waals surface area contributed by atoms with Gasteiger partial charge in [-0.3, -0.25) is 0 Å². The summed E-state index contributed by atoms with van der Waals surface area (Å²) in [5, 5.41) is 0. The van der Waals surface area contributed by atoms with Gasteiger partial charge in [-0.2, -0.15) is 0 Å². The van der Waals surface area contributed by atoms with Crippen molar-refractivity contribution in [3.63, 3.8) is 0 Å². The average Bonchev–Trinajstić information content (AvgIpc) is 2.32. The van der Waals surface area contributed by atoms with E-state index in [1.165, 1.54) is 12.1 Å². The predicted octanol–water partition coefficient (Wildman–Crippen LogP) is 3.27. The van der Waals surface area contributed by atoms with Crippen molar-refractivity contribution in [1.29, 1.82) is 0 Å². The second kappa shape index (κ2) is 5.94. The third kappa shape index (κ3) is 3.50. The number of nitrogens with two attached hydrogens (primary N) is 1. The highest BCUT2D eigenvalue weighted by Gasteiger charge is 2.30. The van der Waals surface area contributed by atoms with Crippen molar-refractivity contribution in [2.24, 2.45) is 5.73 Å². The topological polar surface area (TPSA) is 35.2 Å². The van der Waals surface area contributed by atoms with Crippen LogP contribution in [0.25, 0.3) is 0 Å². The molecule has 1 aromatic carbocycles. The Morgan fingerprint density at radius 1 is 1.53 bits per heavy atom. The Labute approximate surface area is 110 Å². The second-order valence-electron chi connectivity index (χ2n) is 4.42. The Balaban J connectivity index is 2.87. The summed E-state index contributed by atoms with van der Waals surface area (Å²) in [5.41, 5.74) is 6.64. The number of halogens is 2. The minimum atomic E-state index is -0.383. The first-order valence-electron chi connectivity index (χ1n) is 5.67. The van der Waals surface area contributed by atoms with Crippen LogP contribution in [0.15, 0.2) is 22.7 Å². The number of benzene rings is 1. The molecular formula is C13H19BrFNO. The van der Waals surface area contributed by atoms with Crippen LogP contribution >= 0.6 is 15.9 Å². The monoisotopic (exact) mass is 303 g/mol. The van der Waals surface area contributed by atoms with E-state index in [1.54, 1.807) is 13.2 Å². The van der Waals surface area contributed by atoms with Crippen molar-refractivity contribution in [3.8, 4) is 0 Å². The lowest BCUT2D eigenvalue weighted by Gasteiger charge is -2.33. The molecule has 1 aromatic rings. The summed E-state index contributed by atoms with van der Waals surface area (Å²) in [6.45, 7) is 4.01. The smallest absolute Gasteiger partial charge is 0.123 e. The molecule has 96 valence electrons. The molecule has 0 aliphatic rings. The van der Waals surface area contributed by atoms with Crippen LogP contribution in [-0.2, 0) is 11.2 Å². The van der Waals surface area contributed by atoms with Gasteiger partial charge in [0.05, 0.1) is 5.60 Å². The van der Waals surface area contributed by atoms with Gasteiger partial charge in [0, 0.05) is 17.6 Å². The molecule has 0 fully saturated rings. The van der Waals surface area contributed by atoms with Gasteiger partial charge in [-0.25, -0.2) is 4.39 Å². The maximum atomic E-state index is 13.2. The molecule has 0 aliphatic carbocycles. The molecule has 0 saturated heterocycles. The van der Waals surface area contributed by atoms with Gasteiger partial charge in [-0.05, 0) is 43.5 Å². The molecule has 0 aromatic heterocycles. The van der Waals surface area contributed by atoms with E-state index in [2.05, 4.69) is 15.9 Å². The molecule has 0 heterocycles. The van der Waals surface area contributed by atoms with Crippen LogP contribution in [0.5, 0.6) is 0 Å². The Bertz CT molecular complexity index is 380. The van der Waals surface area contributed by atoms with Crippen LogP contribution in [0, 0.1) is 5.82 Å². The molecule has 2 unspecified atom stereocenters. The number of ether oxygens (including phenoxy) is 1. The van der Waals surface area contributed by atoms with Gasteiger partial charge < -0.3 is 10.5 Å². The highest BCUT2D eigenvalue weighted by Crippen LogP contribution is 2.25. The second-order valence-corrected chi connectivity index (χ2v) is 5.27. The van der Waals surface area contributed by atoms with Gasteiger partial charge in [-0.1, -0.05) is 22.9 Å². The largest absolute Gasteiger partial charge is 0.377 e. The molecule has 0 spiro atoms. The normalized spacial score (nSPS) is 16.6. The Kier molecular flexibility index (Phi) is 5.10. The quantitative estimate of drug-likeness (QED) is 0.906. The lowest BCUT2D eigenvalue weighted by atomic mass is 9.89. The minimum Gasteiger partial charge on any atom is -0.377 e. The van der Waals surface area contributed by atoms with E-state index in [0.717, 1.165) is 16.5 Å². The van der Waals surface area contributed by atoms with E-state index in [1.807, 2.05) is 13.8 Å². The standard InChI is InChI=1S/C13H19BrFNO/c1-4-13(2,17-3)12(16)8-9-7-10(15)5-6-11(9)14/h5-7,12H,4,8,16H2,1-3H3. The van der Waals surface area contributed by atoms with Crippen molar-refractivity contribution in [2.45, 2.75) is 38.3 Å². The molecule has 2 nitrogen and oxygen atoms in total. The molecule has 0 bridgehead atoms. The Morgan fingerprint density at radius 2 is 2.18 bits per heavy atom. The van der Waals surface area contributed by atoms with E-state index in [-0.39, 0.29) is 17.5 Å². The molecule has 17 heavy (non-hydrogen) atoms. The summed E-state index contributed by atoms with van der Waals surface area (Å²) in [5.74, 6) is -0.244. The van der Waals surface area contributed by atoms with E-state index < -0.39 is 0 Å². The highest BCUT2D eigenvalue weighted by molar-refractivity contribution is 9.10. The zero-order valence-corrected chi connectivity index (χ0v) is 12.1. The minimum absolute atomic E-state index is 0.171. The van der Waals surface area contributed by atoms with Crippen molar-refractivity contribution in [1.82, 2.24) is 0 Å². The van der Waals surface area contributed by atoms with Crippen molar-refractivity contribution >= 4 is 15.9 Å². The molecule has 2 N–H and O–H groups in total. The maximum absolute atomic E-state index is 13.2. The summed E-state index contributed by atoms with van der Waals surface area (Å²) in [6.07, 6.45) is 1.40. The van der Waals surface area contributed by atoms with Crippen LogP contribution in [0.4, 0.5) is 4.39 Å². The molecule has 0 amide bonds. The van der Waals surface area contributed by atoms with Gasteiger partial charge in [0.1, 0.15) is 5.82 Å². The zero-order chi connectivity index (χ0) is 13.1. The zero-order valence-electron chi connectivity index (χ0n) is 10.5. The number of hydrogen-bond acceptors (Lipinski definition) is 2. The first-order valence-corrected chi connectivity index (χ1v) is 6.47. The van der Waals surface area contributed by atoms with Crippen LogP contribution in [0.2, 0.25) is 0 Å². The Morgan fingerprint density at radius 3 is 2.71 bits per heavy atom. The lowest BCUT2D eigenvalue weighted by molar-refractivity contribution is -0.0185. The van der Waals surface area contributed by atoms with Gasteiger partial charge in [0.15, 0.2) is 0 Å². The first-order chi connectivity index (χ1) is 7.92. The fourth-order valence-electron chi connectivity index (χ4n) is 1.71. The third-order valence-corrected chi connectivity index (χ3v) is 4.17. The molecular weight excluding hydrogens is 285 g/mol. The fraction of sp³-hybridized carbons (Fsp3) is 0.538. The molecule has 0 radical (unpaired) electrons. The van der Waals surface area contributed by atoms with Gasteiger partial charge in [0.25, 0.3) is 0 Å². The molecule has 1 rings (SSSR count). The SMILES string of the molecule is CCC(C)(OC)C(N)Cc1cc(F)ccc1Br. The summed E-state index contributed by atoms with van der Waals surface area (Å²) in [4.78, 5) is 0. The maximum Gasteiger partial charge on any atom is 0.123 e. The van der Waals surface area contributed by atoms with E-state index >= 15 is 0 Å². The van der Waals surface area contributed by atoms with E-state index in [9.17, 15) is 4.39 Å². The van der Waals surface area contributed by atoms with E-state index in [0.29, 0.717) is 6.42 Å². The Hall–Kier alpha value is -0.450. The summed E-state index contributed by atoms with van der Waals surface area (Å²) in [7, 11) is 1.66. The summed E-state index contributed by atoms with van der Waals surface area (Å²) < 4.78 is 19.5. The summed E-state index contributed by atoms with van der Waals surface area (Å²) in [6, 6.07) is 4.47. The van der Waals surface area contributed by atoms with Gasteiger partial charge in [-0.15, -0.1) is 0 Å². The first kappa shape index (κ1) is 14.6. The molecule has 0 aliphatic heterocycles. The van der Waals surface area contributed by atoms with Crippen LogP contribution in [-0.4, -0.2) is 18.8 Å². The molecule has 0 saturated carbocycles. The number of methoxy groups -OCH3 is 1. The predicted molar refractivity (Wildman–Crippen MR) is 71.5 cm³/mol. The van der Waals surface area contributed by atoms with Crippen molar-refractivity contribution in [2.75, 3.05) is 7.11 Å². The van der Waals surface area contributed by atoms with Gasteiger partial charge in [0.2, 0.25) is 0 Å². The van der Waals surface area contributed by atoms with Crippen molar-refractivity contribution in [3.05, 3.63) is 34.1 Å².